The van der Waals surface area contributed by atoms with Crippen molar-refractivity contribution in [3.63, 3.8) is 0 Å². The van der Waals surface area contributed by atoms with E-state index in [0.717, 1.165) is 25.6 Å². The third kappa shape index (κ3) is 8.26. The van der Waals surface area contributed by atoms with Crippen molar-refractivity contribution < 1.29 is 4.74 Å². The van der Waals surface area contributed by atoms with Gasteiger partial charge in [0.25, 0.3) is 0 Å². The van der Waals surface area contributed by atoms with Gasteiger partial charge in [-0.25, -0.2) is 0 Å². The molecule has 0 aromatic heterocycles. The summed E-state index contributed by atoms with van der Waals surface area (Å²) in [5, 5.41) is 6.50. The Bertz CT molecular complexity index is 424. The molecule has 1 aromatic rings. The van der Waals surface area contributed by atoms with Gasteiger partial charge in [-0.15, -0.1) is 24.0 Å². The van der Waals surface area contributed by atoms with Gasteiger partial charge in [-0.3, -0.25) is 4.99 Å². The minimum Gasteiger partial charge on any atom is -0.383 e. The first-order valence-electron chi connectivity index (χ1n) is 7.25. The molecule has 120 valence electrons. The lowest BCUT2D eigenvalue weighted by Crippen LogP contribution is -2.39. The summed E-state index contributed by atoms with van der Waals surface area (Å²) in [6, 6.07) is 8.62. The van der Waals surface area contributed by atoms with Crippen molar-refractivity contribution >= 4 is 29.9 Å². The molecule has 0 bridgehead atoms. The van der Waals surface area contributed by atoms with Gasteiger partial charge in [0.05, 0.1) is 6.61 Å². The summed E-state index contributed by atoms with van der Waals surface area (Å²) >= 11 is 0. The molecule has 0 aliphatic carbocycles. The van der Waals surface area contributed by atoms with Gasteiger partial charge in [-0.2, -0.15) is 0 Å². The van der Waals surface area contributed by atoms with E-state index in [9.17, 15) is 0 Å². The number of ether oxygens (including phenoxy) is 1. The van der Waals surface area contributed by atoms with Crippen LogP contribution in [0.1, 0.15) is 30.9 Å². The Morgan fingerprint density at radius 3 is 2.71 bits per heavy atom. The number of hydrogen-bond donors (Lipinski definition) is 2. The molecule has 21 heavy (non-hydrogen) atoms. The monoisotopic (exact) mass is 405 g/mol. The highest BCUT2D eigenvalue weighted by molar-refractivity contribution is 14.0. The molecule has 0 aliphatic rings. The second-order valence-electron chi connectivity index (χ2n) is 4.95. The molecule has 1 unspecified atom stereocenters. The first-order chi connectivity index (χ1) is 9.67. The van der Waals surface area contributed by atoms with Crippen molar-refractivity contribution in [2.24, 2.45) is 4.99 Å². The molecule has 1 atom stereocenters. The number of methoxy groups -OCH3 is 1. The van der Waals surface area contributed by atoms with Gasteiger partial charge in [0.2, 0.25) is 0 Å². The molecular weight excluding hydrogens is 377 g/mol. The minimum absolute atomic E-state index is 0. The van der Waals surface area contributed by atoms with E-state index in [0.29, 0.717) is 12.5 Å². The number of benzene rings is 1. The van der Waals surface area contributed by atoms with Crippen LogP contribution in [0, 0.1) is 6.92 Å². The van der Waals surface area contributed by atoms with Crippen LogP contribution in [0.25, 0.3) is 0 Å². The number of halogens is 1. The molecule has 0 saturated heterocycles. The fourth-order valence-corrected chi connectivity index (χ4v) is 1.92. The summed E-state index contributed by atoms with van der Waals surface area (Å²) in [5.41, 5.74) is 2.63. The van der Waals surface area contributed by atoms with Crippen LogP contribution >= 0.6 is 24.0 Å². The normalized spacial score (nSPS) is 12.5. The standard InChI is InChI=1S/C16H27N3O.HI/c1-5-17-16(18-9-10-20-4)19-12-14(3)15-8-6-7-13(2)11-15;/h6-8,11,14H,5,9-10,12H2,1-4H3,(H2,17,18,19);1H. The zero-order chi connectivity index (χ0) is 14.8. The predicted octanol–water partition coefficient (Wildman–Crippen LogP) is 2.92. The molecule has 0 radical (unpaired) electrons. The van der Waals surface area contributed by atoms with Gasteiger partial charge >= 0.3 is 0 Å². The van der Waals surface area contributed by atoms with E-state index in [1.807, 2.05) is 0 Å². The third-order valence-electron chi connectivity index (χ3n) is 3.08. The third-order valence-corrected chi connectivity index (χ3v) is 3.08. The summed E-state index contributed by atoms with van der Waals surface area (Å²) in [4.78, 5) is 4.63. The maximum absolute atomic E-state index is 5.03. The Kier molecular flexibility index (Phi) is 11.3. The van der Waals surface area contributed by atoms with E-state index in [1.165, 1.54) is 11.1 Å². The smallest absolute Gasteiger partial charge is 0.191 e. The molecule has 0 spiro atoms. The fraction of sp³-hybridized carbons (Fsp3) is 0.562. The van der Waals surface area contributed by atoms with Crippen molar-refractivity contribution in [1.82, 2.24) is 10.6 Å². The lowest BCUT2D eigenvalue weighted by Gasteiger charge is -2.14. The Labute approximate surface area is 145 Å². The molecule has 1 rings (SSSR count). The van der Waals surface area contributed by atoms with E-state index in [2.05, 4.69) is 60.7 Å². The zero-order valence-corrected chi connectivity index (χ0v) is 15.8. The topological polar surface area (TPSA) is 45.7 Å². The van der Waals surface area contributed by atoms with Crippen molar-refractivity contribution in [1.29, 1.82) is 0 Å². The Morgan fingerprint density at radius 2 is 2.10 bits per heavy atom. The number of aryl methyl sites for hydroxylation is 1. The number of hydrogen-bond acceptors (Lipinski definition) is 2. The van der Waals surface area contributed by atoms with Crippen molar-refractivity contribution in [2.75, 3.05) is 33.4 Å². The number of guanidine groups is 1. The van der Waals surface area contributed by atoms with Gasteiger partial charge in [0.15, 0.2) is 5.96 Å². The fourth-order valence-electron chi connectivity index (χ4n) is 1.92. The second kappa shape index (κ2) is 11.8. The Morgan fingerprint density at radius 1 is 1.33 bits per heavy atom. The zero-order valence-electron chi connectivity index (χ0n) is 13.5. The van der Waals surface area contributed by atoms with Gasteiger partial charge in [-0.05, 0) is 19.4 Å². The predicted molar refractivity (Wildman–Crippen MR) is 101 cm³/mol. The van der Waals surface area contributed by atoms with Crippen LogP contribution in [0.15, 0.2) is 29.3 Å². The highest BCUT2D eigenvalue weighted by Crippen LogP contribution is 2.16. The molecule has 0 aliphatic heterocycles. The summed E-state index contributed by atoms with van der Waals surface area (Å²) in [6.07, 6.45) is 0. The highest BCUT2D eigenvalue weighted by atomic mass is 127. The van der Waals surface area contributed by atoms with Gasteiger partial charge in [0, 0.05) is 32.7 Å². The average molecular weight is 405 g/mol. The first-order valence-corrected chi connectivity index (χ1v) is 7.25. The lowest BCUT2D eigenvalue weighted by atomic mass is 10.00. The van der Waals surface area contributed by atoms with Crippen LogP contribution in [0.5, 0.6) is 0 Å². The molecule has 2 N–H and O–H groups in total. The molecule has 1 aromatic carbocycles. The maximum Gasteiger partial charge on any atom is 0.191 e. The van der Waals surface area contributed by atoms with Crippen molar-refractivity contribution in [3.8, 4) is 0 Å². The number of rotatable bonds is 7. The summed E-state index contributed by atoms with van der Waals surface area (Å²) in [7, 11) is 1.70. The SMILES string of the molecule is CCNC(=NCC(C)c1cccc(C)c1)NCCOC.I. The van der Waals surface area contributed by atoms with E-state index < -0.39 is 0 Å². The van der Waals surface area contributed by atoms with Crippen LogP contribution in [0.2, 0.25) is 0 Å². The molecule has 0 saturated carbocycles. The number of nitrogens with zero attached hydrogens (tertiary/aromatic N) is 1. The van der Waals surface area contributed by atoms with Crippen LogP contribution in [0.3, 0.4) is 0 Å². The molecule has 5 heteroatoms. The Hall–Kier alpha value is -0.820. The maximum atomic E-state index is 5.03. The second-order valence-corrected chi connectivity index (χ2v) is 4.95. The highest BCUT2D eigenvalue weighted by Gasteiger charge is 2.05. The molecule has 0 amide bonds. The van der Waals surface area contributed by atoms with Crippen LogP contribution in [-0.2, 0) is 4.74 Å². The van der Waals surface area contributed by atoms with Gasteiger partial charge in [0.1, 0.15) is 0 Å². The number of nitrogens with one attached hydrogen (secondary N) is 2. The summed E-state index contributed by atoms with van der Waals surface area (Å²) in [6.45, 7) is 9.47. The van der Waals surface area contributed by atoms with Gasteiger partial charge < -0.3 is 15.4 Å². The largest absolute Gasteiger partial charge is 0.383 e. The molecule has 0 heterocycles. The summed E-state index contributed by atoms with van der Waals surface area (Å²) in [5.74, 6) is 1.26. The van der Waals surface area contributed by atoms with Crippen molar-refractivity contribution in [2.45, 2.75) is 26.7 Å². The minimum atomic E-state index is 0. The van der Waals surface area contributed by atoms with Gasteiger partial charge in [-0.1, -0.05) is 36.8 Å². The van der Waals surface area contributed by atoms with E-state index >= 15 is 0 Å². The number of aliphatic imine (C=N–C) groups is 1. The van der Waals surface area contributed by atoms with E-state index in [4.69, 9.17) is 4.74 Å². The average Bonchev–Trinajstić information content (AvgIpc) is 2.44. The van der Waals surface area contributed by atoms with E-state index in [1.54, 1.807) is 7.11 Å². The molecule has 0 fully saturated rings. The molecular formula is C16H28IN3O. The van der Waals surface area contributed by atoms with E-state index in [-0.39, 0.29) is 24.0 Å². The lowest BCUT2D eigenvalue weighted by molar-refractivity contribution is 0.203. The van der Waals surface area contributed by atoms with Crippen LogP contribution in [-0.4, -0.2) is 39.3 Å². The van der Waals surface area contributed by atoms with Crippen molar-refractivity contribution in [3.05, 3.63) is 35.4 Å². The Balaban J connectivity index is 0.00000400. The quantitative estimate of drug-likeness (QED) is 0.317. The first kappa shape index (κ1) is 20.2. The molecule has 4 nitrogen and oxygen atoms in total. The van der Waals surface area contributed by atoms with Crippen LogP contribution < -0.4 is 10.6 Å². The summed E-state index contributed by atoms with van der Waals surface area (Å²) < 4.78 is 5.03. The van der Waals surface area contributed by atoms with Crippen LogP contribution in [0.4, 0.5) is 0 Å².